The Hall–Kier alpha value is -3.72. The predicted octanol–water partition coefficient (Wildman–Crippen LogP) is 1.12. The molecule has 0 aromatic heterocycles. The molecule has 4 N–H and O–H groups in total. The predicted molar refractivity (Wildman–Crippen MR) is 113 cm³/mol. The topological polar surface area (TPSA) is 124 Å². The standard InChI is InChI=1S/C22H21N5O4/c23-20-16-3-1-14(7-12(16)10-24-20)26-19(28)9-18-22(30)27(5-6-31-18)15-2-4-17-13(8-15)11-25-21(17)29/h1-4,7-8,18H,5-6,9-11H2,(H2,23,24)(H,25,29)(H,26,28)/t18-/m1/s1. The Morgan fingerprint density at radius 1 is 1.10 bits per heavy atom. The van der Waals surface area contributed by atoms with E-state index in [9.17, 15) is 14.4 Å². The number of hydrogen-bond donors (Lipinski definition) is 4. The van der Waals surface area contributed by atoms with E-state index in [2.05, 4.69) is 16.0 Å². The number of hydrogen-bond acceptors (Lipinski definition) is 5. The van der Waals surface area contributed by atoms with Gasteiger partial charge in [-0.15, -0.1) is 0 Å². The third-order valence-corrected chi connectivity index (χ3v) is 5.74. The van der Waals surface area contributed by atoms with E-state index in [1.165, 1.54) is 0 Å². The summed E-state index contributed by atoms with van der Waals surface area (Å²) < 4.78 is 5.59. The third-order valence-electron chi connectivity index (χ3n) is 5.74. The number of rotatable bonds is 4. The maximum absolute atomic E-state index is 13.0. The molecule has 158 valence electrons. The lowest BCUT2D eigenvalue weighted by atomic mass is 10.1. The fraction of sp³-hybridized carbons (Fsp3) is 0.273. The van der Waals surface area contributed by atoms with Gasteiger partial charge < -0.3 is 25.6 Å². The van der Waals surface area contributed by atoms with Crippen molar-refractivity contribution < 1.29 is 19.1 Å². The number of morpholine rings is 1. The summed E-state index contributed by atoms with van der Waals surface area (Å²) in [6.07, 6.45) is -0.961. The molecule has 1 fully saturated rings. The van der Waals surface area contributed by atoms with Crippen LogP contribution in [-0.2, 0) is 27.4 Å². The van der Waals surface area contributed by atoms with Crippen LogP contribution in [0.1, 0.15) is 33.5 Å². The molecule has 0 aliphatic carbocycles. The number of anilines is 2. The summed E-state index contributed by atoms with van der Waals surface area (Å²) in [6.45, 7) is 1.71. The average Bonchev–Trinajstić information content (AvgIpc) is 3.31. The van der Waals surface area contributed by atoms with E-state index in [0.717, 1.165) is 16.7 Å². The minimum absolute atomic E-state index is 0.0918. The van der Waals surface area contributed by atoms with Crippen LogP contribution in [0.15, 0.2) is 36.4 Å². The Morgan fingerprint density at radius 3 is 2.74 bits per heavy atom. The highest BCUT2D eigenvalue weighted by Crippen LogP contribution is 2.26. The minimum Gasteiger partial charge on any atom is -0.366 e. The van der Waals surface area contributed by atoms with E-state index in [0.29, 0.717) is 49.0 Å². The third kappa shape index (κ3) is 3.53. The fourth-order valence-corrected chi connectivity index (χ4v) is 4.15. The first-order valence-corrected chi connectivity index (χ1v) is 10.1. The second kappa shape index (κ2) is 7.51. The number of amidine groups is 1. The lowest BCUT2D eigenvalue weighted by Gasteiger charge is -2.32. The van der Waals surface area contributed by atoms with Crippen LogP contribution < -0.4 is 20.9 Å². The van der Waals surface area contributed by atoms with E-state index in [4.69, 9.17) is 10.1 Å². The largest absolute Gasteiger partial charge is 0.366 e. The zero-order chi connectivity index (χ0) is 21.5. The minimum atomic E-state index is -0.869. The van der Waals surface area contributed by atoms with Gasteiger partial charge in [0.25, 0.3) is 11.8 Å². The highest BCUT2D eigenvalue weighted by Gasteiger charge is 2.33. The number of carbonyl (C=O) groups excluding carboxylic acids is 3. The SMILES string of the molecule is N=C1NCc2cc(NC(=O)C[C@H]3OCCN(c4ccc5c(c4)CNC5=O)C3=O)ccc21. The number of nitrogens with zero attached hydrogens (tertiary/aromatic N) is 1. The fourth-order valence-electron chi connectivity index (χ4n) is 4.15. The molecule has 2 aromatic rings. The molecule has 0 spiro atoms. The highest BCUT2D eigenvalue weighted by atomic mass is 16.5. The van der Waals surface area contributed by atoms with Crippen LogP contribution in [0.3, 0.4) is 0 Å². The van der Waals surface area contributed by atoms with Gasteiger partial charge in [-0.25, -0.2) is 0 Å². The second-order valence-electron chi connectivity index (χ2n) is 7.73. The van der Waals surface area contributed by atoms with Crippen LogP contribution in [0.25, 0.3) is 0 Å². The van der Waals surface area contributed by atoms with Crippen molar-refractivity contribution in [3.63, 3.8) is 0 Å². The van der Waals surface area contributed by atoms with Crippen molar-refractivity contribution in [2.75, 3.05) is 23.4 Å². The Bertz CT molecular complexity index is 1130. The Labute approximate surface area is 178 Å². The van der Waals surface area contributed by atoms with Crippen molar-refractivity contribution in [1.82, 2.24) is 10.6 Å². The lowest BCUT2D eigenvalue weighted by Crippen LogP contribution is -2.49. The molecule has 5 rings (SSSR count). The van der Waals surface area contributed by atoms with Crippen molar-refractivity contribution in [3.8, 4) is 0 Å². The molecule has 0 radical (unpaired) electrons. The maximum Gasteiger partial charge on any atom is 0.256 e. The molecule has 3 aliphatic rings. The van der Waals surface area contributed by atoms with Crippen LogP contribution in [0, 0.1) is 5.41 Å². The molecule has 0 bridgehead atoms. The molecule has 9 heteroatoms. The molecule has 31 heavy (non-hydrogen) atoms. The lowest BCUT2D eigenvalue weighted by molar-refractivity contribution is -0.137. The van der Waals surface area contributed by atoms with Gasteiger partial charge in [-0.2, -0.15) is 0 Å². The summed E-state index contributed by atoms with van der Waals surface area (Å²) in [5, 5.41) is 16.3. The van der Waals surface area contributed by atoms with E-state index >= 15 is 0 Å². The average molecular weight is 419 g/mol. The van der Waals surface area contributed by atoms with Crippen molar-refractivity contribution in [2.45, 2.75) is 25.6 Å². The Kier molecular flexibility index (Phi) is 4.67. The Morgan fingerprint density at radius 2 is 1.87 bits per heavy atom. The van der Waals surface area contributed by atoms with E-state index in [-0.39, 0.29) is 24.1 Å². The van der Waals surface area contributed by atoms with Gasteiger partial charge in [-0.05, 0) is 47.5 Å². The van der Waals surface area contributed by atoms with Gasteiger partial charge >= 0.3 is 0 Å². The number of fused-ring (bicyclic) bond motifs is 2. The monoisotopic (exact) mass is 419 g/mol. The molecule has 2 aromatic carbocycles. The van der Waals surface area contributed by atoms with Gasteiger partial charge in [0, 0.05) is 42.1 Å². The zero-order valence-electron chi connectivity index (χ0n) is 16.7. The molecule has 3 aliphatic heterocycles. The molecular formula is C22H21N5O4. The smallest absolute Gasteiger partial charge is 0.256 e. The molecule has 3 amide bonds. The van der Waals surface area contributed by atoms with E-state index < -0.39 is 6.10 Å². The number of ether oxygens (including phenoxy) is 1. The van der Waals surface area contributed by atoms with Gasteiger partial charge in [-0.3, -0.25) is 19.8 Å². The van der Waals surface area contributed by atoms with Gasteiger partial charge in [0.05, 0.1) is 13.0 Å². The summed E-state index contributed by atoms with van der Waals surface area (Å²) in [5.41, 5.74) is 4.57. The summed E-state index contributed by atoms with van der Waals surface area (Å²) >= 11 is 0. The van der Waals surface area contributed by atoms with Crippen molar-refractivity contribution in [1.29, 1.82) is 5.41 Å². The summed E-state index contributed by atoms with van der Waals surface area (Å²) in [7, 11) is 0. The van der Waals surface area contributed by atoms with Crippen LogP contribution >= 0.6 is 0 Å². The summed E-state index contributed by atoms with van der Waals surface area (Å²) in [4.78, 5) is 38.9. The number of carbonyl (C=O) groups is 3. The highest BCUT2D eigenvalue weighted by molar-refractivity contribution is 6.04. The first kappa shape index (κ1) is 19.3. The molecule has 0 saturated carbocycles. The van der Waals surface area contributed by atoms with Crippen LogP contribution in [0.2, 0.25) is 0 Å². The first-order chi connectivity index (χ1) is 15.0. The molecule has 1 atom stereocenters. The first-order valence-electron chi connectivity index (χ1n) is 10.1. The maximum atomic E-state index is 13.0. The van der Waals surface area contributed by atoms with Crippen LogP contribution in [0.5, 0.6) is 0 Å². The number of nitrogens with one attached hydrogen (secondary N) is 4. The van der Waals surface area contributed by atoms with Crippen molar-refractivity contribution in [2.24, 2.45) is 0 Å². The normalized spacial score (nSPS) is 19.5. The molecule has 3 heterocycles. The molecule has 0 unspecified atom stereocenters. The second-order valence-corrected chi connectivity index (χ2v) is 7.73. The van der Waals surface area contributed by atoms with E-state index in [1.807, 2.05) is 12.1 Å². The van der Waals surface area contributed by atoms with Crippen LogP contribution in [-0.4, -0.2) is 42.8 Å². The van der Waals surface area contributed by atoms with Gasteiger partial charge in [0.1, 0.15) is 11.9 Å². The van der Waals surface area contributed by atoms with Crippen molar-refractivity contribution in [3.05, 3.63) is 58.7 Å². The van der Waals surface area contributed by atoms with Gasteiger partial charge in [0.15, 0.2) is 0 Å². The van der Waals surface area contributed by atoms with Crippen molar-refractivity contribution >= 4 is 34.9 Å². The van der Waals surface area contributed by atoms with E-state index in [1.54, 1.807) is 29.2 Å². The summed E-state index contributed by atoms with van der Waals surface area (Å²) in [5.74, 6) is -0.320. The van der Waals surface area contributed by atoms with Gasteiger partial charge in [0.2, 0.25) is 5.91 Å². The molecule has 9 nitrogen and oxygen atoms in total. The zero-order valence-corrected chi connectivity index (χ0v) is 16.7. The summed E-state index contributed by atoms with van der Waals surface area (Å²) in [6, 6.07) is 10.7. The Balaban J connectivity index is 1.26. The molecular weight excluding hydrogens is 398 g/mol. The quantitative estimate of drug-likeness (QED) is 0.591. The number of benzene rings is 2. The van der Waals surface area contributed by atoms with Gasteiger partial charge in [-0.1, -0.05) is 0 Å². The molecule has 1 saturated heterocycles. The number of amides is 3. The van der Waals surface area contributed by atoms with Crippen LogP contribution in [0.4, 0.5) is 11.4 Å².